The Morgan fingerprint density at radius 2 is 1.83 bits per heavy atom. The lowest BCUT2D eigenvalue weighted by molar-refractivity contribution is -0.138. The Balaban J connectivity index is 2.55. The van der Waals surface area contributed by atoms with Gasteiger partial charge in [0.15, 0.2) is 0 Å². The molecule has 0 fully saturated rings. The number of halogens is 3. The van der Waals surface area contributed by atoms with Crippen molar-refractivity contribution in [3.63, 3.8) is 0 Å². The molecule has 1 aromatic rings. The fraction of sp³-hybridized carbons (Fsp3) is 0.588. The fourth-order valence-corrected chi connectivity index (χ4v) is 2.10. The van der Waals surface area contributed by atoms with Gasteiger partial charge in [0.05, 0.1) is 5.56 Å². The molecule has 1 atom stereocenters. The average molecular weight is 346 g/mol. The molecule has 7 heteroatoms. The van der Waals surface area contributed by atoms with Crippen LogP contribution in [-0.2, 0) is 17.5 Å². The fourth-order valence-electron chi connectivity index (χ4n) is 2.10. The standard InChI is InChI=1S/C17H25F3N2O2/c1-5-13(22-15(23)24-16(2,3)4)11-21-10-12-8-6-7-9-14(12)17(18,19)20/h6-9,13,21H,5,10-11H2,1-4H3,(H,22,23). The molecular weight excluding hydrogens is 321 g/mol. The summed E-state index contributed by atoms with van der Waals surface area (Å²) in [5.41, 5.74) is -1.07. The first-order valence-corrected chi connectivity index (χ1v) is 7.88. The van der Waals surface area contributed by atoms with E-state index in [0.717, 1.165) is 6.07 Å². The molecule has 1 aromatic carbocycles. The molecule has 0 heterocycles. The van der Waals surface area contributed by atoms with Gasteiger partial charge < -0.3 is 15.4 Å². The Bertz CT molecular complexity index is 539. The number of rotatable bonds is 6. The monoisotopic (exact) mass is 346 g/mol. The highest BCUT2D eigenvalue weighted by Gasteiger charge is 2.32. The van der Waals surface area contributed by atoms with Gasteiger partial charge in [-0.15, -0.1) is 0 Å². The third-order valence-corrected chi connectivity index (χ3v) is 3.24. The van der Waals surface area contributed by atoms with Gasteiger partial charge in [0, 0.05) is 19.1 Å². The van der Waals surface area contributed by atoms with E-state index in [-0.39, 0.29) is 18.2 Å². The maximum absolute atomic E-state index is 12.9. The van der Waals surface area contributed by atoms with Crippen LogP contribution in [0.2, 0.25) is 0 Å². The van der Waals surface area contributed by atoms with Crippen molar-refractivity contribution in [2.45, 2.75) is 58.5 Å². The molecule has 0 spiro atoms. The quantitative estimate of drug-likeness (QED) is 0.815. The average Bonchev–Trinajstić information content (AvgIpc) is 2.43. The molecule has 0 bridgehead atoms. The second kappa shape index (κ2) is 8.37. The van der Waals surface area contributed by atoms with Crippen LogP contribution >= 0.6 is 0 Å². The number of alkyl halides is 3. The van der Waals surface area contributed by atoms with Gasteiger partial charge in [-0.25, -0.2) is 4.79 Å². The number of ether oxygens (including phenoxy) is 1. The van der Waals surface area contributed by atoms with Gasteiger partial charge >= 0.3 is 12.3 Å². The third kappa shape index (κ3) is 7.21. The van der Waals surface area contributed by atoms with Crippen LogP contribution in [0.4, 0.5) is 18.0 Å². The van der Waals surface area contributed by atoms with Gasteiger partial charge in [-0.3, -0.25) is 0 Å². The Morgan fingerprint density at radius 1 is 1.21 bits per heavy atom. The van der Waals surface area contributed by atoms with Crippen molar-refractivity contribution in [3.05, 3.63) is 35.4 Å². The summed E-state index contributed by atoms with van der Waals surface area (Å²) in [5.74, 6) is 0. The molecule has 136 valence electrons. The molecule has 0 aliphatic carbocycles. The number of benzene rings is 1. The van der Waals surface area contributed by atoms with Crippen molar-refractivity contribution in [3.8, 4) is 0 Å². The summed E-state index contributed by atoms with van der Waals surface area (Å²) in [7, 11) is 0. The summed E-state index contributed by atoms with van der Waals surface area (Å²) >= 11 is 0. The lowest BCUT2D eigenvalue weighted by atomic mass is 10.1. The van der Waals surface area contributed by atoms with Crippen LogP contribution in [-0.4, -0.2) is 24.3 Å². The van der Waals surface area contributed by atoms with Gasteiger partial charge in [0.25, 0.3) is 0 Å². The van der Waals surface area contributed by atoms with E-state index in [2.05, 4.69) is 10.6 Å². The minimum atomic E-state index is -4.38. The van der Waals surface area contributed by atoms with Crippen molar-refractivity contribution in [2.24, 2.45) is 0 Å². The van der Waals surface area contributed by atoms with Crippen molar-refractivity contribution in [1.82, 2.24) is 10.6 Å². The van der Waals surface area contributed by atoms with Crippen molar-refractivity contribution < 1.29 is 22.7 Å². The third-order valence-electron chi connectivity index (χ3n) is 3.24. The smallest absolute Gasteiger partial charge is 0.416 e. The van der Waals surface area contributed by atoms with Crippen LogP contribution in [0.25, 0.3) is 0 Å². The van der Waals surface area contributed by atoms with Gasteiger partial charge in [-0.05, 0) is 38.8 Å². The van der Waals surface area contributed by atoms with Gasteiger partial charge in [0.2, 0.25) is 0 Å². The van der Waals surface area contributed by atoms with Crippen LogP contribution in [0.5, 0.6) is 0 Å². The van der Waals surface area contributed by atoms with Crippen molar-refractivity contribution in [1.29, 1.82) is 0 Å². The molecule has 1 amide bonds. The zero-order chi connectivity index (χ0) is 18.4. The SMILES string of the molecule is CCC(CNCc1ccccc1C(F)(F)F)NC(=O)OC(C)(C)C. The minimum absolute atomic E-state index is 0.0716. The van der Waals surface area contributed by atoms with E-state index in [1.165, 1.54) is 12.1 Å². The van der Waals surface area contributed by atoms with E-state index in [9.17, 15) is 18.0 Å². The Hall–Kier alpha value is -1.76. The number of hydrogen-bond acceptors (Lipinski definition) is 3. The summed E-state index contributed by atoms with van der Waals surface area (Å²) in [6.07, 6.45) is -4.28. The zero-order valence-corrected chi connectivity index (χ0v) is 14.5. The van der Waals surface area contributed by atoms with E-state index < -0.39 is 23.4 Å². The van der Waals surface area contributed by atoms with E-state index >= 15 is 0 Å². The maximum atomic E-state index is 12.9. The van der Waals surface area contributed by atoms with Gasteiger partial charge in [0.1, 0.15) is 5.60 Å². The van der Waals surface area contributed by atoms with Crippen LogP contribution in [0.15, 0.2) is 24.3 Å². The number of carbonyl (C=O) groups excluding carboxylic acids is 1. The topological polar surface area (TPSA) is 50.4 Å². The Kier molecular flexibility index (Phi) is 7.08. The number of nitrogens with one attached hydrogen (secondary N) is 2. The van der Waals surface area contributed by atoms with Crippen molar-refractivity contribution in [2.75, 3.05) is 6.54 Å². The highest BCUT2D eigenvalue weighted by Crippen LogP contribution is 2.31. The molecule has 0 saturated carbocycles. The zero-order valence-electron chi connectivity index (χ0n) is 14.5. The largest absolute Gasteiger partial charge is 0.444 e. The van der Waals surface area contributed by atoms with E-state index in [1.807, 2.05) is 6.92 Å². The van der Waals surface area contributed by atoms with Crippen LogP contribution in [0.1, 0.15) is 45.2 Å². The molecule has 24 heavy (non-hydrogen) atoms. The lowest BCUT2D eigenvalue weighted by Crippen LogP contribution is -2.43. The molecule has 1 unspecified atom stereocenters. The second-order valence-electron chi connectivity index (χ2n) is 6.54. The number of amides is 1. The molecule has 1 rings (SSSR count). The minimum Gasteiger partial charge on any atom is -0.444 e. The predicted molar refractivity (Wildman–Crippen MR) is 86.6 cm³/mol. The number of carbonyl (C=O) groups is 1. The molecule has 0 aliphatic rings. The Morgan fingerprint density at radius 3 is 2.38 bits per heavy atom. The summed E-state index contributed by atoms with van der Waals surface area (Å²) in [5, 5.41) is 5.67. The highest BCUT2D eigenvalue weighted by molar-refractivity contribution is 5.68. The Labute approximate surface area is 140 Å². The molecule has 2 N–H and O–H groups in total. The number of alkyl carbamates (subject to hydrolysis) is 1. The molecule has 4 nitrogen and oxygen atoms in total. The second-order valence-corrected chi connectivity index (χ2v) is 6.54. The molecule has 0 saturated heterocycles. The first kappa shape index (κ1) is 20.3. The summed E-state index contributed by atoms with van der Waals surface area (Å²) in [6.45, 7) is 7.59. The van der Waals surface area contributed by atoms with Crippen LogP contribution in [0.3, 0.4) is 0 Å². The molecule has 0 aliphatic heterocycles. The maximum Gasteiger partial charge on any atom is 0.416 e. The lowest BCUT2D eigenvalue weighted by Gasteiger charge is -2.23. The summed E-state index contributed by atoms with van der Waals surface area (Å²) in [6, 6.07) is 5.22. The van der Waals surface area contributed by atoms with Gasteiger partial charge in [-0.2, -0.15) is 13.2 Å². The van der Waals surface area contributed by atoms with E-state index in [4.69, 9.17) is 4.74 Å². The molecule has 0 aromatic heterocycles. The predicted octanol–water partition coefficient (Wildman–Crippen LogP) is 4.10. The van der Waals surface area contributed by atoms with Crippen molar-refractivity contribution >= 4 is 6.09 Å². The highest BCUT2D eigenvalue weighted by atomic mass is 19.4. The summed E-state index contributed by atoms with van der Waals surface area (Å²) in [4.78, 5) is 11.7. The van der Waals surface area contributed by atoms with E-state index in [1.54, 1.807) is 26.8 Å². The molecular formula is C17H25F3N2O2. The normalized spacial score (nSPS) is 13.5. The van der Waals surface area contributed by atoms with Gasteiger partial charge in [-0.1, -0.05) is 25.1 Å². The number of hydrogen-bond donors (Lipinski definition) is 2. The van der Waals surface area contributed by atoms with E-state index in [0.29, 0.717) is 13.0 Å². The first-order valence-electron chi connectivity index (χ1n) is 7.88. The van der Waals surface area contributed by atoms with Crippen LogP contribution < -0.4 is 10.6 Å². The molecule has 0 radical (unpaired) electrons. The summed E-state index contributed by atoms with van der Waals surface area (Å²) < 4.78 is 44.0. The first-order chi connectivity index (χ1) is 11.0. The van der Waals surface area contributed by atoms with Crippen LogP contribution in [0, 0.1) is 0 Å².